The van der Waals surface area contributed by atoms with Crippen molar-refractivity contribution in [2.24, 2.45) is 17.4 Å². The molecule has 11 heteroatoms. The number of unbranched alkanes of at least 4 members (excludes halogenated alkanes) is 1. The molecule has 0 radical (unpaired) electrons. The lowest BCUT2D eigenvalue weighted by Gasteiger charge is -2.26. The average molecular weight is 403 g/mol. The number of carboxylic acids is 1. The number of aliphatic hydroxyl groups excluding tert-OH is 1. The van der Waals surface area contributed by atoms with Gasteiger partial charge in [0.2, 0.25) is 17.7 Å². The topological polar surface area (TPSA) is 197 Å². The first-order valence-corrected chi connectivity index (χ1v) is 9.25. The number of carboxylic acid groups (broad SMARTS) is 1. The smallest absolute Gasteiger partial charge is 0.328 e. The van der Waals surface area contributed by atoms with Crippen LogP contribution in [0.2, 0.25) is 0 Å². The second kappa shape index (κ2) is 13.0. The number of hydrogen-bond acceptors (Lipinski definition) is 7. The van der Waals surface area contributed by atoms with Crippen LogP contribution in [0.25, 0.3) is 0 Å². The largest absolute Gasteiger partial charge is 0.480 e. The van der Waals surface area contributed by atoms with Crippen LogP contribution in [0.4, 0.5) is 0 Å². The van der Waals surface area contributed by atoms with E-state index in [-0.39, 0.29) is 12.3 Å². The van der Waals surface area contributed by atoms with Crippen molar-refractivity contribution >= 4 is 23.7 Å². The zero-order valence-corrected chi connectivity index (χ0v) is 16.6. The van der Waals surface area contributed by atoms with Crippen molar-refractivity contribution in [2.45, 2.75) is 64.2 Å². The fourth-order valence-electron chi connectivity index (χ4n) is 2.30. The van der Waals surface area contributed by atoms with E-state index in [0.29, 0.717) is 19.4 Å². The van der Waals surface area contributed by atoms with E-state index in [4.69, 9.17) is 21.7 Å². The SMILES string of the molecule is CC(N)C(=O)NC(C(=O)NC(CCCCN)C(=O)NC(CO)C(=O)O)C(C)C. The minimum Gasteiger partial charge on any atom is -0.480 e. The second-order valence-corrected chi connectivity index (χ2v) is 6.95. The van der Waals surface area contributed by atoms with Gasteiger partial charge in [0.1, 0.15) is 18.1 Å². The van der Waals surface area contributed by atoms with E-state index in [2.05, 4.69) is 16.0 Å². The number of carbonyl (C=O) groups is 4. The van der Waals surface area contributed by atoms with Gasteiger partial charge in [0.15, 0.2) is 0 Å². The number of aliphatic carboxylic acids is 1. The number of nitrogens with one attached hydrogen (secondary N) is 3. The Bertz CT molecular complexity index is 540. The molecule has 162 valence electrons. The quantitative estimate of drug-likeness (QED) is 0.166. The molecule has 0 spiro atoms. The van der Waals surface area contributed by atoms with Gasteiger partial charge in [-0.25, -0.2) is 4.79 Å². The molecule has 0 aliphatic rings. The van der Waals surface area contributed by atoms with Crippen LogP contribution in [-0.2, 0) is 19.2 Å². The highest BCUT2D eigenvalue weighted by atomic mass is 16.4. The predicted octanol–water partition coefficient (Wildman–Crippen LogP) is -2.35. The summed E-state index contributed by atoms with van der Waals surface area (Å²) in [6.45, 7) is 4.54. The molecule has 0 saturated carbocycles. The summed E-state index contributed by atoms with van der Waals surface area (Å²) in [4.78, 5) is 47.9. The molecule has 0 bridgehead atoms. The van der Waals surface area contributed by atoms with Crippen molar-refractivity contribution in [3.05, 3.63) is 0 Å². The van der Waals surface area contributed by atoms with Crippen LogP contribution in [0.3, 0.4) is 0 Å². The first kappa shape index (κ1) is 25.8. The highest BCUT2D eigenvalue weighted by Crippen LogP contribution is 2.06. The summed E-state index contributed by atoms with van der Waals surface area (Å²) in [7, 11) is 0. The van der Waals surface area contributed by atoms with E-state index in [0.717, 1.165) is 0 Å². The highest BCUT2D eigenvalue weighted by Gasteiger charge is 2.30. The van der Waals surface area contributed by atoms with Crippen molar-refractivity contribution in [1.29, 1.82) is 0 Å². The van der Waals surface area contributed by atoms with E-state index in [9.17, 15) is 19.2 Å². The zero-order valence-electron chi connectivity index (χ0n) is 16.6. The second-order valence-electron chi connectivity index (χ2n) is 6.95. The van der Waals surface area contributed by atoms with Gasteiger partial charge in [-0.3, -0.25) is 14.4 Å². The Morgan fingerprint density at radius 1 is 0.893 bits per heavy atom. The third kappa shape index (κ3) is 9.11. The Kier molecular flexibility index (Phi) is 12.0. The van der Waals surface area contributed by atoms with Gasteiger partial charge >= 0.3 is 5.97 Å². The van der Waals surface area contributed by atoms with Gasteiger partial charge in [-0.05, 0) is 38.6 Å². The minimum absolute atomic E-state index is 0.221. The molecule has 4 atom stereocenters. The lowest BCUT2D eigenvalue weighted by Crippen LogP contribution is -2.58. The fraction of sp³-hybridized carbons (Fsp3) is 0.765. The summed E-state index contributed by atoms with van der Waals surface area (Å²) in [5.41, 5.74) is 11.0. The molecule has 0 fully saturated rings. The molecule has 0 saturated heterocycles. The zero-order chi connectivity index (χ0) is 21.9. The average Bonchev–Trinajstić information content (AvgIpc) is 2.61. The molecule has 0 aromatic rings. The fourth-order valence-corrected chi connectivity index (χ4v) is 2.30. The van der Waals surface area contributed by atoms with E-state index < -0.39 is 54.5 Å². The van der Waals surface area contributed by atoms with Crippen LogP contribution in [0, 0.1) is 5.92 Å². The van der Waals surface area contributed by atoms with Crippen molar-refractivity contribution < 1.29 is 29.4 Å². The number of rotatable bonds is 13. The third-order valence-electron chi connectivity index (χ3n) is 4.04. The van der Waals surface area contributed by atoms with Gasteiger partial charge in [0, 0.05) is 0 Å². The Hall–Kier alpha value is -2.24. The Balaban J connectivity index is 5.26. The summed E-state index contributed by atoms with van der Waals surface area (Å²) in [6, 6.07) is -4.25. The summed E-state index contributed by atoms with van der Waals surface area (Å²) < 4.78 is 0. The molecular weight excluding hydrogens is 370 g/mol. The first-order chi connectivity index (χ1) is 13.0. The number of carbonyl (C=O) groups excluding carboxylic acids is 3. The maximum atomic E-state index is 12.6. The highest BCUT2D eigenvalue weighted by molar-refractivity contribution is 5.94. The monoisotopic (exact) mass is 403 g/mol. The molecule has 0 aromatic heterocycles. The van der Waals surface area contributed by atoms with Crippen molar-refractivity contribution in [1.82, 2.24) is 16.0 Å². The lowest BCUT2D eigenvalue weighted by molar-refractivity contribution is -0.143. The number of aliphatic hydroxyl groups is 1. The number of hydrogen-bond donors (Lipinski definition) is 7. The Labute approximate surface area is 164 Å². The van der Waals surface area contributed by atoms with Crippen molar-refractivity contribution in [2.75, 3.05) is 13.2 Å². The predicted molar refractivity (Wildman–Crippen MR) is 102 cm³/mol. The maximum Gasteiger partial charge on any atom is 0.328 e. The van der Waals surface area contributed by atoms with Gasteiger partial charge in [-0.15, -0.1) is 0 Å². The van der Waals surface area contributed by atoms with Crippen LogP contribution >= 0.6 is 0 Å². The molecule has 0 aliphatic carbocycles. The number of amides is 3. The minimum atomic E-state index is -1.49. The van der Waals surface area contributed by atoms with Crippen LogP contribution in [0.5, 0.6) is 0 Å². The molecule has 3 amide bonds. The third-order valence-corrected chi connectivity index (χ3v) is 4.04. The summed E-state index contributed by atoms with van der Waals surface area (Å²) in [5.74, 6) is -3.52. The molecule has 0 aromatic carbocycles. The maximum absolute atomic E-state index is 12.6. The molecule has 9 N–H and O–H groups in total. The molecule has 4 unspecified atom stereocenters. The van der Waals surface area contributed by atoms with E-state index in [1.54, 1.807) is 13.8 Å². The summed E-state index contributed by atoms with van der Waals surface area (Å²) in [5, 5.41) is 25.3. The molecule has 11 nitrogen and oxygen atoms in total. The first-order valence-electron chi connectivity index (χ1n) is 9.25. The van der Waals surface area contributed by atoms with E-state index >= 15 is 0 Å². The van der Waals surface area contributed by atoms with Gasteiger partial charge < -0.3 is 37.6 Å². The van der Waals surface area contributed by atoms with Crippen molar-refractivity contribution in [3.8, 4) is 0 Å². The van der Waals surface area contributed by atoms with Gasteiger partial charge in [-0.2, -0.15) is 0 Å². The van der Waals surface area contributed by atoms with E-state index in [1.807, 2.05) is 0 Å². The Morgan fingerprint density at radius 3 is 1.89 bits per heavy atom. The van der Waals surface area contributed by atoms with Crippen LogP contribution in [-0.4, -0.2) is 71.2 Å². The summed E-state index contributed by atoms with van der Waals surface area (Å²) in [6.07, 6.45) is 1.35. The standard InChI is InChI=1S/C17H33N5O6/c1-9(2)13(22-14(24)10(3)19)16(26)20-11(6-4-5-7-18)15(25)21-12(8-23)17(27)28/h9-13,23H,4-8,18-19H2,1-3H3,(H,20,26)(H,21,25)(H,22,24)(H,27,28). The van der Waals surface area contributed by atoms with Gasteiger partial charge in [0.05, 0.1) is 12.6 Å². The lowest BCUT2D eigenvalue weighted by atomic mass is 10.0. The van der Waals surface area contributed by atoms with Crippen molar-refractivity contribution in [3.63, 3.8) is 0 Å². The van der Waals surface area contributed by atoms with E-state index in [1.165, 1.54) is 6.92 Å². The Morgan fingerprint density at radius 2 is 1.46 bits per heavy atom. The number of nitrogens with two attached hydrogens (primary N) is 2. The van der Waals surface area contributed by atoms with Crippen LogP contribution in [0.15, 0.2) is 0 Å². The molecular formula is C17H33N5O6. The van der Waals surface area contributed by atoms with Crippen LogP contribution in [0.1, 0.15) is 40.0 Å². The van der Waals surface area contributed by atoms with Gasteiger partial charge in [-0.1, -0.05) is 13.8 Å². The molecule has 0 rings (SSSR count). The van der Waals surface area contributed by atoms with Crippen LogP contribution < -0.4 is 27.4 Å². The molecule has 28 heavy (non-hydrogen) atoms. The molecule has 0 aliphatic heterocycles. The van der Waals surface area contributed by atoms with Gasteiger partial charge in [0.25, 0.3) is 0 Å². The summed E-state index contributed by atoms with van der Waals surface area (Å²) >= 11 is 0. The normalized spacial score (nSPS) is 15.2. The molecule has 0 heterocycles.